The average Bonchev–Trinajstić information content (AvgIpc) is 2.43. The Kier molecular flexibility index (Phi) is 4.64. The van der Waals surface area contributed by atoms with Crippen LogP contribution < -0.4 is 0 Å². The van der Waals surface area contributed by atoms with Crippen LogP contribution in [-0.4, -0.2) is 29.6 Å². The van der Waals surface area contributed by atoms with Gasteiger partial charge in [-0.3, -0.25) is 19.7 Å². The van der Waals surface area contributed by atoms with Crippen LogP contribution in [-0.2, 0) is 14.3 Å². The van der Waals surface area contributed by atoms with Gasteiger partial charge in [0, 0.05) is 23.8 Å². The van der Waals surface area contributed by atoms with Crippen molar-refractivity contribution in [1.82, 2.24) is 0 Å². The normalized spacial score (nSPS) is 10.2. The summed E-state index contributed by atoms with van der Waals surface area (Å²) in [5, 5.41) is 10.4. The third-order valence-corrected chi connectivity index (χ3v) is 2.14. The van der Waals surface area contributed by atoms with Crippen LogP contribution in [0.3, 0.4) is 0 Å². The van der Waals surface area contributed by atoms with Crippen LogP contribution in [0.4, 0.5) is 5.69 Å². The molecule has 0 heterocycles. The number of methoxy groups -OCH3 is 1. The first-order valence-corrected chi connectivity index (χ1v) is 5.05. The average molecular weight is 263 g/mol. The van der Waals surface area contributed by atoms with Gasteiger partial charge in [-0.15, -0.1) is 0 Å². The van der Waals surface area contributed by atoms with E-state index in [1.165, 1.54) is 12.1 Å². The summed E-state index contributed by atoms with van der Waals surface area (Å²) in [4.78, 5) is 43.6. The molecular weight excluding hydrogens is 254 g/mol. The van der Waals surface area contributed by atoms with Gasteiger partial charge in [-0.25, -0.2) is 4.79 Å². The molecule has 0 radical (unpaired) electrons. The Morgan fingerprint density at radius 3 is 2.21 bits per heavy atom. The number of rotatable bonds is 5. The first-order valence-electron chi connectivity index (χ1n) is 5.05. The molecular formula is C12H9NO6. The number of ketones is 2. The number of non-ortho nitro benzene ring substituents is 1. The summed E-state index contributed by atoms with van der Waals surface area (Å²) >= 11 is 0. The first-order chi connectivity index (χ1) is 8.95. The van der Waals surface area contributed by atoms with E-state index in [0.29, 0.717) is 0 Å². The van der Waals surface area contributed by atoms with E-state index in [0.717, 1.165) is 31.4 Å². The summed E-state index contributed by atoms with van der Waals surface area (Å²) in [7, 11) is 1.13. The van der Waals surface area contributed by atoms with Gasteiger partial charge in [0.1, 0.15) is 0 Å². The number of allylic oxidation sites excluding steroid dienone is 1. The van der Waals surface area contributed by atoms with E-state index in [4.69, 9.17) is 0 Å². The Morgan fingerprint density at radius 2 is 1.74 bits per heavy atom. The molecule has 0 atom stereocenters. The minimum atomic E-state index is -0.917. The van der Waals surface area contributed by atoms with E-state index < -0.39 is 22.5 Å². The van der Waals surface area contributed by atoms with Gasteiger partial charge in [-0.1, -0.05) is 0 Å². The molecule has 19 heavy (non-hydrogen) atoms. The highest BCUT2D eigenvalue weighted by molar-refractivity contribution is 6.47. The molecule has 0 aromatic heterocycles. The second-order valence-electron chi connectivity index (χ2n) is 3.35. The van der Waals surface area contributed by atoms with E-state index in [1.807, 2.05) is 0 Å². The molecule has 0 saturated heterocycles. The Bertz CT molecular complexity index is 558. The van der Waals surface area contributed by atoms with E-state index in [-0.39, 0.29) is 11.3 Å². The lowest BCUT2D eigenvalue weighted by Crippen LogP contribution is -2.12. The summed E-state index contributed by atoms with van der Waals surface area (Å²) in [6.45, 7) is 0. The Balaban J connectivity index is 2.83. The number of nitro benzene ring substituents is 1. The lowest BCUT2D eigenvalue weighted by atomic mass is 10.1. The van der Waals surface area contributed by atoms with Crippen molar-refractivity contribution >= 4 is 23.2 Å². The van der Waals surface area contributed by atoms with Gasteiger partial charge in [0.15, 0.2) is 0 Å². The molecule has 0 bridgehead atoms. The highest BCUT2D eigenvalue weighted by Crippen LogP contribution is 2.12. The van der Waals surface area contributed by atoms with E-state index in [2.05, 4.69) is 4.74 Å². The molecule has 0 aliphatic carbocycles. The fourth-order valence-electron chi connectivity index (χ4n) is 1.16. The van der Waals surface area contributed by atoms with Crippen molar-refractivity contribution in [3.8, 4) is 0 Å². The Hall–Kier alpha value is -2.83. The zero-order valence-electron chi connectivity index (χ0n) is 9.86. The van der Waals surface area contributed by atoms with E-state index in [1.54, 1.807) is 0 Å². The van der Waals surface area contributed by atoms with Crippen molar-refractivity contribution in [3.63, 3.8) is 0 Å². The summed E-state index contributed by atoms with van der Waals surface area (Å²) in [6.07, 6.45) is 1.61. The van der Waals surface area contributed by atoms with Gasteiger partial charge >= 0.3 is 5.97 Å². The fraction of sp³-hybridized carbons (Fsp3) is 0.0833. The number of carbonyl (C=O) groups is 3. The van der Waals surface area contributed by atoms with Crippen molar-refractivity contribution in [2.75, 3.05) is 7.11 Å². The molecule has 0 N–H and O–H groups in total. The molecule has 0 saturated carbocycles. The second-order valence-corrected chi connectivity index (χ2v) is 3.35. The topological polar surface area (TPSA) is 104 Å². The molecule has 0 amide bonds. The maximum atomic E-state index is 11.6. The number of hydrogen-bond donors (Lipinski definition) is 0. The number of hydrogen-bond acceptors (Lipinski definition) is 6. The van der Waals surface area contributed by atoms with E-state index in [9.17, 15) is 24.5 Å². The fourth-order valence-corrected chi connectivity index (χ4v) is 1.16. The molecule has 0 unspecified atom stereocenters. The number of carbonyl (C=O) groups excluding carboxylic acids is 3. The monoisotopic (exact) mass is 263 g/mol. The molecule has 0 spiro atoms. The molecule has 7 heteroatoms. The maximum Gasteiger partial charge on any atom is 0.330 e. The number of esters is 1. The van der Waals surface area contributed by atoms with Crippen molar-refractivity contribution in [2.45, 2.75) is 0 Å². The van der Waals surface area contributed by atoms with Crippen LogP contribution >= 0.6 is 0 Å². The van der Waals surface area contributed by atoms with Crippen molar-refractivity contribution < 1.29 is 24.0 Å². The van der Waals surface area contributed by atoms with Crippen LogP contribution in [0.2, 0.25) is 0 Å². The molecule has 1 rings (SSSR count). The van der Waals surface area contributed by atoms with Crippen LogP contribution in [0.25, 0.3) is 0 Å². The van der Waals surface area contributed by atoms with Crippen LogP contribution in [0, 0.1) is 10.1 Å². The van der Waals surface area contributed by atoms with Crippen molar-refractivity contribution in [3.05, 3.63) is 52.1 Å². The number of nitrogens with zero attached hydrogens (tertiary/aromatic N) is 1. The highest BCUT2D eigenvalue weighted by atomic mass is 16.6. The Labute approximate surface area is 107 Å². The SMILES string of the molecule is COC(=O)/C=C/C(=O)C(=O)c1ccc([N+](=O)[O-])cc1. The van der Waals surface area contributed by atoms with Crippen molar-refractivity contribution in [1.29, 1.82) is 0 Å². The lowest BCUT2D eigenvalue weighted by Gasteiger charge is -1.96. The van der Waals surface area contributed by atoms with E-state index >= 15 is 0 Å². The van der Waals surface area contributed by atoms with Gasteiger partial charge in [0.2, 0.25) is 11.6 Å². The molecule has 1 aromatic rings. The molecule has 98 valence electrons. The molecule has 0 aliphatic heterocycles. The van der Waals surface area contributed by atoms with Gasteiger partial charge in [0.05, 0.1) is 12.0 Å². The quantitative estimate of drug-likeness (QED) is 0.196. The van der Waals surface area contributed by atoms with Crippen LogP contribution in [0.1, 0.15) is 10.4 Å². The predicted octanol–water partition coefficient (Wildman–Crippen LogP) is 1.08. The minimum Gasteiger partial charge on any atom is -0.466 e. The number of nitro groups is 1. The molecule has 1 aromatic carbocycles. The zero-order valence-corrected chi connectivity index (χ0v) is 9.86. The molecule has 7 nitrogen and oxygen atoms in total. The van der Waals surface area contributed by atoms with Gasteiger partial charge in [-0.05, 0) is 18.2 Å². The number of ether oxygens (including phenoxy) is 1. The number of benzene rings is 1. The third kappa shape index (κ3) is 3.84. The largest absolute Gasteiger partial charge is 0.466 e. The van der Waals surface area contributed by atoms with Crippen molar-refractivity contribution in [2.24, 2.45) is 0 Å². The standard InChI is InChI=1S/C12H9NO6/c1-19-11(15)7-6-10(14)12(16)8-2-4-9(5-3-8)13(17)18/h2-7H,1H3/b7-6+. The van der Waals surface area contributed by atoms with Gasteiger partial charge < -0.3 is 4.74 Å². The smallest absolute Gasteiger partial charge is 0.330 e. The molecule has 0 fully saturated rings. The van der Waals surface area contributed by atoms with Gasteiger partial charge in [0.25, 0.3) is 5.69 Å². The summed E-state index contributed by atoms with van der Waals surface area (Å²) in [5.74, 6) is -2.54. The Morgan fingerprint density at radius 1 is 1.16 bits per heavy atom. The highest BCUT2D eigenvalue weighted by Gasteiger charge is 2.15. The van der Waals surface area contributed by atoms with Crippen LogP contribution in [0.15, 0.2) is 36.4 Å². The number of Topliss-reactive ketones (excluding diaryl/α,β-unsaturated/α-hetero) is 1. The van der Waals surface area contributed by atoms with Crippen LogP contribution in [0.5, 0.6) is 0 Å². The first kappa shape index (κ1) is 14.2. The molecule has 0 aliphatic rings. The predicted molar refractivity (Wildman–Crippen MR) is 63.6 cm³/mol. The zero-order chi connectivity index (χ0) is 14.4. The summed E-state index contributed by atoms with van der Waals surface area (Å²) in [6, 6.07) is 4.57. The maximum absolute atomic E-state index is 11.6. The third-order valence-electron chi connectivity index (χ3n) is 2.14. The van der Waals surface area contributed by atoms with Gasteiger partial charge in [-0.2, -0.15) is 0 Å². The minimum absolute atomic E-state index is 0.00474. The lowest BCUT2D eigenvalue weighted by molar-refractivity contribution is -0.384. The summed E-state index contributed by atoms with van der Waals surface area (Å²) < 4.78 is 4.26. The summed E-state index contributed by atoms with van der Waals surface area (Å²) in [5.41, 5.74) is -0.181. The second kappa shape index (κ2) is 6.20.